The molecule has 0 bridgehead atoms. The van der Waals surface area contributed by atoms with Gasteiger partial charge < -0.3 is 4.70 Å². The Morgan fingerprint density at radius 3 is 1.14 bits per heavy atom. The number of alkyl halides is 1. The fourth-order valence-corrected chi connectivity index (χ4v) is 12.2. The van der Waals surface area contributed by atoms with Crippen LogP contribution in [0.4, 0.5) is 17.9 Å². The molecule has 3 rings (SSSR count). The fraction of sp³-hybridized carbons (Fsp3) is 0.514. The van der Waals surface area contributed by atoms with E-state index in [1.165, 1.54) is 100 Å². The van der Waals surface area contributed by atoms with Crippen molar-refractivity contribution in [1.29, 1.82) is 1.45 Å². The monoisotopic (exact) mass is 841 g/mol. The molecule has 3 aromatic carbocycles. The molecule has 0 saturated heterocycles. The summed E-state index contributed by atoms with van der Waals surface area (Å²) >= 11 is 24.0. The minimum Gasteiger partial charge on any atom is -1.00 e. The van der Waals surface area contributed by atoms with E-state index in [4.69, 9.17) is 52.1 Å². The van der Waals surface area contributed by atoms with Gasteiger partial charge in [0.25, 0.3) is 1.45 Å². The molecule has 0 unspecified atom stereocenters. The van der Waals surface area contributed by atoms with Gasteiger partial charge in [0.1, 0.15) is 19.5 Å². The molecule has 283 valence electrons. The van der Waals surface area contributed by atoms with Gasteiger partial charge in [0, 0.05) is 31.4 Å². The maximum atomic E-state index is 12.2. The zero-order chi connectivity index (χ0) is 39.3. The van der Waals surface area contributed by atoms with Crippen molar-refractivity contribution >= 4 is 76.1 Å². The molecule has 14 heteroatoms. The Balaban J connectivity index is -0.000000103. The van der Waals surface area contributed by atoms with Gasteiger partial charge in [-0.3, -0.25) is 9.11 Å². The van der Waals surface area contributed by atoms with Gasteiger partial charge in [-0.2, -0.15) is 0 Å². The molecule has 0 atom stereocenters. The number of hydrogen-bond acceptors (Lipinski definition) is 0. The molecule has 0 aliphatic heterocycles. The van der Waals surface area contributed by atoms with E-state index < -0.39 is 12.5 Å². The molecular formula is C37H57B3Cl4F5KP. The van der Waals surface area contributed by atoms with Crippen LogP contribution in [-0.4, -0.2) is 56.8 Å². The third-order valence-electron chi connectivity index (χ3n) is 6.84. The predicted octanol–water partition coefficient (Wildman–Crippen LogP) is 8.57. The van der Waals surface area contributed by atoms with Crippen molar-refractivity contribution in [3.8, 4) is 0 Å². The molecule has 0 heterocycles. The molecule has 0 aliphatic carbocycles. The van der Waals surface area contributed by atoms with Crippen LogP contribution >= 0.6 is 52.0 Å². The van der Waals surface area contributed by atoms with Crippen molar-refractivity contribution in [2.24, 2.45) is 0 Å². The standard InChI is InChI=1S/C16H36ClP.C7H7F.C6H4Cl2.C6H4ClF.CH2BF.CH3B.B.2FH.K/c1-5-9-13-18(17,14-10-6-2,15-11-7-3)16-12-8-4;1-6-3-2-4-7(8)5-6;2*7-5-2-1-3-6(8)4-5;2-1-3;1-2;;;;/h5-16H2,1-4H3;2-5H,1H3;2*1-4H;1H2;1H3;;2*1H;/q;;;;;;;;;+1/p-1/i;;;;;1D;;;;/hD. The van der Waals surface area contributed by atoms with E-state index in [1.54, 1.807) is 36.4 Å². The van der Waals surface area contributed by atoms with Crippen LogP contribution in [0.3, 0.4) is 0 Å². The second kappa shape index (κ2) is 43.5. The van der Waals surface area contributed by atoms with E-state index in [0.29, 0.717) is 15.1 Å². The molecule has 0 spiro atoms. The maximum Gasteiger partial charge on any atom is 1.00 e. The van der Waals surface area contributed by atoms with Crippen LogP contribution in [0.15, 0.2) is 72.8 Å². The van der Waals surface area contributed by atoms with Crippen molar-refractivity contribution in [1.82, 2.24) is 0 Å². The quantitative estimate of drug-likeness (QED) is 0.0975. The zero-order valence-electron chi connectivity index (χ0n) is 33.4. The minimum absolute atomic E-state index is 0. The number of aryl methyl sites for hydroxylation is 1. The van der Waals surface area contributed by atoms with Crippen LogP contribution in [-0.2, 0) is 0 Å². The molecule has 0 aliphatic rings. The number of hydrogen-bond donors (Lipinski definition) is 0. The van der Waals surface area contributed by atoms with Gasteiger partial charge >= 0.3 is 172 Å². The summed E-state index contributed by atoms with van der Waals surface area (Å²) < 4.78 is 53.3. The molecule has 7 radical (unpaired) electrons. The van der Waals surface area contributed by atoms with Crippen molar-refractivity contribution < 1.29 is 75.3 Å². The average Bonchev–Trinajstić information content (AvgIpc) is 3.07. The van der Waals surface area contributed by atoms with Crippen molar-refractivity contribution in [2.75, 3.05) is 31.2 Å². The van der Waals surface area contributed by atoms with Crippen LogP contribution in [0.2, 0.25) is 21.9 Å². The SMILES string of the molecule is CCCCP(Cl)(CCCC)(CCCC)CCCC.Cc1cccc(F)c1.Clc1cccc(Cl)c1.Fc1cccc(Cl)c1.[2H]C[B].[2H]F.[B].[B]CF.[F-].[K+]. The normalized spacial score (nSPS) is 10.3. The first-order chi connectivity index (χ1) is 23.7. The summed E-state index contributed by atoms with van der Waals surface area (Å²) in [7, 11) is 8.69. The van der Waals surface area contributed by atoms with Crippen LogP contribution in [0.1, 0.15) is 86.0 Å². The summed E-state index contributed by atoms with van der Waals surface area (Å²) in [6.45, 7) is 10.3. The van der Waals surface area contributed by atoms with Crippen LogP contribution in [0.5, 0.6) is 0 Å². The van der Waals surface area contributed by atoms with Gasteiger partial charge in [0.05, 0.1) is 7.85 Å². The van der Waals surface area contributed by atoms with Gasteiger partial charge in [-0.15, -0.1) is 0 Å². The Hall–Kier alpha value is 0.731. The Morgan fingerprint density at radius 1 is 0.686 bits per heavy atom. The molecule has 0 saturated carbocycles. The smallest absolute Gasteiger partial charge is 1.00 e. The van der Waals surface area contributed by atoms with Crippen LogP contribution in [0, 0.1) is 18.6 Å². The summed E-state index contributed by atoms with van der Waals surface area (Å²) in [4.78, 5) is 0. The molecular weight excluding hydrogens is 784 g/mol. The third kappa shape index (κ3) is 40.2. The van der Waals surface area contributed by atoms with E-state index in [9.17, 15) is 13.2 Å². The van der Waals surface area contributed by atoms with E-state index in [-0.39, 0.29) is 82.9 Å². The maximum absolute atomic E-state index is 12.2. The van der Waals surface area contributed by atoms with Crippen molar-refractivity contribution in [2.45, 2.75) is 92.8 Å². The molecule has 3 aromatic rings. The molecule has 0 N–H and O–H groups in total. The summed E-state index contributed by atoms with van der Waals surface area (Å²) in [5.41, 5.74) is 0.963. The second-order valence-corrected chi connectivity index (χ2v) is 20.6. The number of halogens is 9. The van der Waals surface area contributed by atoms with Gasteiger partial charge in [-0.05, 0) is 61.0 Å². The molecule has 0 fully saturated rings. The van der Waals surface area contributed by atoms with Crippen molar-refractivity contribution in [3.63, 3.8) is 0 Å². The predicted molar refractivity (Wildman–Crippen MR) is 222 cm³/mol. The second-order valence-electron chi connectivity index (χ2n) is 11.0. The Kier molecular flexibility index (Phi) is 52.0. The first-order valence-corrected chi connectivity index (χ1v) is 21.3. The van der Waals surface area contributed by atoms with E-state index in [2.05, 4.69) is 44.8 Å². The minimum atomic E-state index is -1.89. The molecule has 51 heavy (non-hydrogen) atoms. The van der Waals surface area contributed by atoms with E-state index in [1.807, 2.05) is 19.1 Å². The largest absolute Gasteiger partial charge is 1.00 e. The molecule has 0 nitrogen and oxygen atoms in total. The third-order valence-corrected chi connectivity index (χ3v) is 15.3. The molecule has 0 aromatic heterocycles. The summed E-state index contributed by atoms with van der Waals surface area (Å²) in [6.07, 6.45) is 16.0. The fourth-order valence-electron chi connectivity index (χ4n) is 4.41. The number of unbranched alkanes of at least 4 members (excludes halogenated alkanes) is 4. The Morgan fingerprint density at radius 2 is 0.961 bits per heavy atom. The average molecular weight is 843 g/mol. The molecule has 0 amide bonds. The summed E-state index contributed by atoms with van der Waals surface area (Å²) in [5.74, 6) is -2.34. The number of rotatable bonds is 12. The first kappa shape index (κ1) is 61.0. The summed E-state index contributed by atoms with van der Waals surface area (Å²) in [6, 6.07) is 19.4. The van der Waals surface area contributed by atoms with E-state index >= 15 is 0 Å². The van der Waals surface area contributed by atoms with Gasteiger partial charge in [-0.25, -0.2) is 8.78 Å². The Labute approximate surface area is 378 Å². The van der Waals surface area contributed by atoms with Gasteiger partial charge in [0.2, 0.25) is 0 Å². The first-order valence-electron chi connectivity index (χ1n) is 17.3. The van der Waals surface area contributed by atoms with Gasteiger partial charge in [0.15, 0.2) is 0 Å². The van der Waals surface area contributed by atoms with Crippen LogP contribution in [0.25, 0.3) is 0 Å². The number of benzene rings is 3. The van der Waals surface area contributed by atoms with Crippen molar-refractivity contribution in [3.05, 3.63) is 105 Å². The van der Waals surface area contributed by atoms with Crippen LogP contribution < -0.4 is 56.1 Å². The topological polar surface area (TPSA) is 0 Å². The zero-order valence-corrected chi connectivity index (χ0v) is 38.4. The Bertz CT molecular complexity index is 988. The summed E-state index contributed by atoms with van der Waals surface area (Å²) in [5, 5.41) is 1.79. The van der Waals surface area contributed by atoms with E-state index in [0.717, 1.165) is 5.56 Å². The van der Waals surface area contributed by atoms with Gasteiger partial charge in [-0.1, -0.05) is 65.9 Å².